The molecule has 0 amide bonds. The van der Waals surface area contributed by atoms with Gasteiger partial charge in [0, 0.05) is 6.61 Å². The molecule has 2 rings (SSSR count). The Kier molecular flexibility index (Phi) is 3.06. The molecule has 1 unspecified atom stereocenters. The number of nitrogens with one attached hydrogen (secondary N) is 1. The molecule has 1 aromatic rings. The molecular formula is C13H20N2O. The van der Waals surface area contributed by atoms with Crippen molar-refractivity contribution in [2.75, 3.05) is 24.3 Å². The van der Waals surface area contributed by atoms with Crippen molar-refractivity contribution in [3.63, 3.8) is 0 Å². The quantitative estimate of drug-likeness (QED) is 0.753. The van der Waals surface area contributed by atoms with Gasteiger partial charge in [-0.05, 0) is 38.3 Å². The van der Waals surface area contributed by atoms with E-state index in [0.717, 1.165) is 37.4 Å². The van der Waals surface area contributed by atoms with Crippen LogP contribution in [0.5, 0.6) is 0 Å². The Hall–Kier alpha value is -1.22. The fraction of sp³-hybridized carbons (Fsp3) is 0.538. The molecule has 1 atom stereocenters. The maximum absolute atomic E-state index is 5.99. The van der Waals surface area contributed by atoms with E-state index >= 15 is 0 Å². The average molecular weight is 220 g/mol. The van der Waals surface area contributed by atoms with E-state index in [4.69, 9.17) is 10.5 Å². The molecule has 0 radical (unpaired) electrons. The fourth-order valence-electron chi connectivity index (χ4n) is 2.20. The lowest BCUT2D eigenvalue weighted by Crippen LogP contribution is -2.43. The van der Waals surface area contributed by atoms with Crippen LogP contribution in [0.3, 0.4) is 0 Å². The van der Waals surface area contributed by atoms with Crippen molar-refractivity contribution in [2.24, 2.45) is 0 Å². The van der Waals surface area contributed by atoms with Gasteiger partial charge in [0.15, 0.2) is 0 Å². The summed E-state index contributed by atoms with van der Waals surface area (Å²) in [6.07, 6.45) is 2.23. The Morgan fingerprint density at radius 3 is 2.88 bits per heavy atom. The number of rotatable bonds is 2. The molecule has 0 aliphatic carbocycles. The zero-order chi connectivity index (χ0) is 11.6. The molecule has 0 spiro atoms. The molecular weight excluding hydrogens is 200 g/mol. The highest BCUT2D eigenvalue weighted by Crippen LogP contribution is 2.29. The Balaban J connectivity index is 2.19. The van der Waals surface area contributed by atoms with Crippen LogP contribution in [0.15, 0.2) is 18.2 Å². The summed E-state index contributed by atoms with van der Waals surface area (Å²) in [5, 5.41) is 3.54. The number of hydrogen-bond acceptors (Lipinski definition) is 3. The Morgan fingerprint density at radius 2 is 2.25 bits per heavy atom. The van der Waals surface area contributed by atoms with Gasteiger partial charge in [-0.1, -0.05) is 12.1 Å². The summed E-state index contributed by atoms with van der Waals surface area (Å²) in [6, 6.07) is 5.99. The Labute approximate surface area is 97.0 Å². The highest BCUT2D eigenvalue weighted by atomic mass is 16.5. The highest BCUT2D eigenvalue weighted by Gasteiger charge is 2.28. The summed E-state index contributed by atoms with van der Waals surface area (Å²) in [5.74, 6) is 0. The van der Waals surface area contributed by atoms with Gasteiger partial charge in [0.25, 0.3) is 0 Å². The first-order valence-corrected chi connectivity index (χ1v) is 5.82. The van der Waals surface area contributed by atoms with Crippen molar-refractivity contribution in [1.29, 1.82) is 0 Å². The van der Waals surface area contributed by atoms with Crippen molar-refractivity contribution in [3.8, 4) is 0 Å². The lowest BCUT2D eigenvalue weighted by atomic mass is 9.94. The van der Waals surface area contributed by atoms with E-state index in [1.54, 1.807) is 0 Å². The number of nitrogens with two attached hydrogens (primary N) is 1. The second-order valence-corrected chi connectivity index (χ2v) is 4.88. The largest absolute Gasteiger partial charge is 0.397 e. The Bertz CT molecular complexity index is 350. The van der Waals surface area contributed by atoms with Gasteiger partial charge in [-0.25, -0.2) is 0 Å². The third-order valence-electron chi connectivity index (χ3n) is 3.17. The molecule has 3 heteroatoms. The van der Waals surface area contributed by atoms with E-state index in [1.165, 1.54) is 5.56 Å². The van der Waals surface area contributed by atoms with Crippen molar-refractivity contribution in [2.45, 2.75) is 32.2 Å². The fourth-order valence-corrected chi connectivity index (χ4v) is 2.20. The summed E-state index contributed by atoms with van der Waals surface area (Å²) in [6.45, 7) is 5.89. The Morgan fingerprint density at radius 1 is 1.44 bits per heavy atom. The molecule has 1 heterocycles. The minimum Gasteiger partial charge on any atom is -0.397 e. The van der Waals surface area contributed by atoms with Crippen LogP contribution in [0.25, 0.3) is 0 Å². The summed E-state index contributed by atoms with van der Waals surface area (Å²) in [4.78, 5) is 0. The predicted molar refractivity (Wildman–Crippen MR) is 67.7 cm³/mol. The second kappa shape index (κ2) is 4.34. The lowest BCUT2D eigenvalue weighted by Gasteiger charge is -2.36. The topological polar surface area (TPSA) is 47.3 Å². The molecule has 0 saturated carbocycles. The first-order chi connectivity index (χ1) is 7.61. The van der Waals surface area contributed by atoms with Crippen LogP contribution in [0.2, 0.25) is 0 Å². The highest BCUT2D eigenvalue weighted by molar-refractivity contribution is 5.70. The number of nitrogen functional groups attached to an aromatic ring is 1. The van der Waals surface area contributed by atoms with Crippen LogP contribution in [-0.4, -0.2) is 18.8 Å². The van der Waals surface area contributed by atoms with E-state index in [-0.39, 0.29) is 5.54 Å². The normalized spacial score (nSPS) is 25.4. The van der Waals surface area contributed by atoms with Crippen LogP contribution in [-0.2, 0) is 4.74 Å². The van der Waals surface area contributed by atoms with Crippen molar-refractivity contribution >= 4 is 11.4 Å². The number of anilines is 2. The van der Waals surface area contributed by atoms with Gasteiger partial charge in [0.1, 0.15) is 0 Å². The summed E-state index contributed by atoms with van der Waals surface area (Å²) in [5.41, 5.74) is 9.06. The molecule has 16 heavy (non-hydrogen) atoms. The van der Waals surface area contributed by atoms with E-state index in [2.05, 4.69) is 25.2 Å². The summed E-state index contributed by atoms with van der Waals surface area (Å²) >= 11 is 0. The first kappa shape index (κ1) is 11.3. The third kappa shape index (κ3) is 2.30. The molecule has 0 bridgehead atoms. The molecule has 3 nitrogen and oxygen atoms in total. The predicted octanol–water partition coefficient (Wildman–Crippen LogP) is 2.56. The van der Waals surface area contributed by atoms with E-state index in [0.29, 0.717) is 0 Å². The van der Waals surface area contributed by atoms with Crippen molar-refractivity contribution < 1.29 is 4.74 Å². The van der Waals surface area contributed by atoms with Gasteiger partial charge in [-0.2, -0.15) is 0 Å². The molecule has 88 valence electrons. The third-order valence-corrected chi connectivity index (χ3v) is 3.17. The number of para-hydroxylation sites is 1. The molecule has 1 aliphatic heterocycles. The van der Waals surface area contributed by atoms with Gasteiger partial charge in [0.2, 0.25) is 0 Å². The van der Waals surface area contributed by atoms with Crippen LogP contribution in [0.1, 0.15) is 25.3 Å². The zero-order valence-corrected chi connectivity index (χ0v) is 10.0. The van der Waals surface area contributed by atoms with E-state index in [1.807, 2.05) is 12.1 Å². The molecule has 1 aliphatic rings. The number of aryl methyl sites for hydroxylation is 1. The molecule has 1 saturated heterocycles. The number of benzene rings is 1. The first-order valence-electron chi connectivity index (χ1n) is 5.82. The second-order valence-electron chi connectivity index (χ2n) is 4.88. The van der Waals surface area contributed by atoms with Gasteiger partial charge in [-0.15, -0.1) is 0 Å². The summed E-state index contributed by atoms with van der Waals surface area (Å²) < 4.78 is 5.53. The van der Waals surface area contributed by atoms with Crippen LogP contribution in [0, 0.1) is 6.92 Å². The number of ether oxygens (including phenoxy) is 1. The molecule has 0 aromatic heterocycles. The van der Waals surface area contributed by atoms with Crippen LogP contribution < -0.4 is 11.1 Å². The smallest absolute Gasteiger partial charge is 0.0693 e. The lowest BCUT2D eigenvalue weighted by molar-refractivity contribution is 0.0540. The number of hydrogen-bond donors (Lipinski definition) is 2. The van der Waals surface area contributed by atoms with E-state index < -0.39 is 0 Å². The SMILES string of the molecule is Cc1cccc(N)c1NC1(C)CCCOC1. The minimum absolute atomic E-state index is 0.0124. The van der Waals surface area contributed by atoms with Crippen molar-refractivity contribution in [1.82, 2.24) is 0 Å². The maximum Gasteiger partial charge on any atom is 0.0693 e. The van der Waals surface area contributed by atoms with Gasteiger partial charge >= 0.3 is 0 Å². The van der Waals surface area contributed by atoms with Gasteiger partial charge in [0.05, 0.1) is 23.5 Å². The maximum atomic E-state index is 5.99. The average Bonchev–Trinajstić information content (AvgIpc) is 2.25. The molecule has 3 N–H and O–H groups in total. The zero-order valence-electron chi connectivity index (χ0n) is 10.0. The van der Waals surface area contributed by atoms with Crippen LogP contribution >= 0.6 is 0 Å². The molecule has 1 fully saturated rings. The molecule has 1 aromatic carbocycles. The minimum atomic E-state index is 0.0124. The van der Waals surface area contributed by atoms with E-state index in [9.17, 15) is 0 Å². The van der Waals surface area contributed by atoms with Gasteiger partial charge in [-0.3, -0.25) is 0 Å². The summed E-state index contributed by atoms with van der Waals surface area (Å²) in [7, 11) is 0. The van der Waals surface area contributed by atoms with Crippen LogP contribution in [0.4, 0.5) is 11.4 Å². The van der Waals surface area contributed by atoms with Gasteiger partial charge < -0.3 is 15.8 Å². The standard InChI is InChI=1S/C13H20N2O/c1-10-5-3-6-11(14)12(10)15-13(2)7-4-8-16-9-13/h3,5-6,15H,4,7-9,14H2,1-2H3. The van der Waals surface area contributed by atoms with Crippen molar-refractivity contribution in [3.05, 3.63) is 23.8 Å². The monoisotopic (exact) mass is 220 g/mol.